The van der Waals surface area contributed by atoms with Gasteiger partial charge in [-0.2, -0.15) is 0 Å². The monoisotopic (exact) mass is 295 g/mol. The van der Waals surface area contributed by atoms with Crippen molar-refractivity contribution in [1.29, 1.82) is 0 Å². The molecule has 0 amide bonds. The van der Waals surface area contributed by atoms with Gasteiger partial charge in [-0.15, -0.1) is 0 Å². The fourth-order valence-electron chi connectivity index (χ4n) is 2.46. The molecule has 22 heavy (non-hydrogen) atoms. The molecule has 2 aromatic carbocycles. The third kappa shape index (κ3) is 2.71. The lowest BCUT2D eigenvalue weighted by molar-refractivity contribution is 0.414. The first-order valence-corrected chi connectivity index (χ1v) is 7.03. The quantitative estimate of drug-likeness (QED) is 0.800. The molecule has 0 aliphatic heterocycles. The first kappa shape index (κ1) is 14.3. The number of fused-ring (bicyclic) bond motifs is 1. The minimum atomic E-state index is -0.283. The Labute approximate surface area is 128 Å². The van der Waals surface area contributed by atoms with Crippen molar-refractivity contribution >= 4 is 11.0 Å². The third-order valence-electron chi connectivity index (χ3n) is 3.68. The normalized spacial score (nSPS) is 12.3. The van der Waals surface area contributed by atoms with Crippen LogP contribution in [0, 0.1) is 0 Å². The summed E-state index contributed by atoms with van der Waals surface area (Å²) in [5.74, 6) is 0.780. The number of hydrogen-bond donors (Lipinski definition) is 1. The van der Waals surface area contributed by atoms with E-state index in [2.05, 4.69) is 4.98 Å². The third-order valence-corrected chi connectivity index (χ3v) is 3.68. The highest BCUT2D eigenvalue weighted by Crippen LogP contribution is 2.18. The largest absolute Gasteiger partial charge is 0.497 e. The Morgan fingerprint density at radius 2 is 1.91 bits per heavy atom. The Kier molecular flexibility index (Phi) is 3.89. The maximum absolute atomic E-state index is 12.1. The lowest BCUT2D eigenvalue weighted by Crippen LogP contribution is -2.27. The van der Waals surface area contributed by atoms with Gasteiger partial charge in [0.1, 0.15) is 5.75 Å². The van der Waals surface area contributed by atoms with E-state index in [1.165, 1.54) is 6.20 Å². The maximum Gasteiger partial charge on any atom is 0.269 e. The van der Waals surface area contributed by atoms with E-state index in [1.807, 2.05) is 48.5 Å². The van der Waals surface area contributed by atoms with Gasteiger partial charge >= 0.3 is 0 Å². The molecule has 0 aliphatic rings. The van der Waals surface area contributed by atoms with Crippen LogP contribution < -0.4 is 16.0 Å². The van der Waals surface area contributed by atoms with Crippen molar-refractivity contribution in [2.24, 2.45) is 5.73 Å². The van der Waals surface area contributed by atoms with E-state index in [1.54, 1.807) is 11.7 Å². The van der Waals surface area contributed by atoms with Crippen LogP contribution in [0.25, 0.3) is 11.0 Å². The molecule has 0 saturated heterocycles. The molecule has 5 heteroatoms. The van der Waals surface area contributed by atoms with Gasteiger partial charge in [0, 0.05) is 12.6 Å². The van der Waals surface area contributed by atoms with E-state index in [0.717, 1.165) is 22.3 Å². The fourth-order valence-corrected chi connectivity index (χ4v) is 2.46. The molecule has 0 spiro atoms. The first-order chi connectivity index (χ1) is 10.7. The van der Waals surface area contributed by atoms with Crippen molar-refractivity contribution < 1.29 is 4.74 Å². The van der Waals surface area contributed by atoms with Gasteiger partial charge < -0.3 is 15.0 Å². The van der Waals surface area contributed by atoms with E-state index < -0.39 is 0 Å². The van der Waals surface area contributed by atoms with Gasteiger partial charge in [0.25, 0.3) is 5.56 Å². The van der Waals surface area contributed by atoms with Gasteiger partial charge in [0.05, 0.1) is 24.3 Å². The summed E-state index contributed by atoms with van der Waals surface area (Å²) in [6.07, 6.45) is 1.34. The summed E-state index contributed by atoms with van der Waals surface area (Å²) >= 11 is 0. The number of rotatable bonds is 4. The lowest BCUT2D eigenvalue weighted by atomic mass is 10.1. The van der Waals surface area contributed by atoms with Crippen molar-refractivity contribution in [1.82, 2.24) is 9.55 Å². The molecule has 2 N–H and O–H groups in total. The highest BCUT2D eigenvalue weighted by atomic mass is 16.5. The van der Waals surface area contributed by atoms with Crippen LogP contribution in [0.3, 0.4) is 0 Å². The standard InChI is InChI=1S/C17H17N3O2/c1-22-13-8-6-12(7-9-13)14(18)11-20-16-5-3-2-4-15(16)19-10-17(20)21/h2-10,14H,11,18H2,1H3. The zero-order valence-corrected chi connectivity index (χ0v) is 12.3. The molecule has 0 bridgehead atoms. The van der Waals surface area contributed by atoms with Crippen molar-refractivity contribution in [3.63, 3.8) is 0 Å². The highest BCUT2D eigenvalue weighted by molar-refractivity contribution is 5.74. The van der Waals surface area contributed by atoms with Gasteiger partial charge in [-0.3, -0.25) is 4.79 Å². The van der Waals surface area contributed by atoms with Crippen LogP contribution in [0.5, 0.6) is 5.75 Å². The molecule has 1 aromatic heterocycles. The lowest BCUT2D eigenvalue weighted by Gasteiger charge is -2.16. The van der Waals surface area contributed by atoms with Crippen LogP contribution >= 0.6 is 0 Å². The van der Waals surface area contributed by atoms with Crippen molar-refractivity contribution in [3.05, 3.63) is 70.6 Å². The van der Waals surface area contributed by atoms with Gasteiger partial charge in [0.15, 0.2) is 0 Å². The van der Waals surface area contributed by atoms with Crippen molar-refractivity contribution in [3.8, 4) is 5.75 Å². The fraction of sp³-hybridized carbons (Fsp3) is 0.176. The summed E-state index contributed by atoms with van der Waals surface area (Å²) in [4.78, 5) is 16.3. The summed E-state index contributed by atoms with van der Waals surface area (Å²) in [7, 11) is 1.62. The predicted molar refractivity (Wildman–Crippen MR) is 85.9 cm³/mol. The molecule has 1 atom stereocenters. The van der Waals surface area contributed by atoms with Crippen molar-refractivity contribution in [2.45, 2.75) is 12.6 Å². The summed E-state index contributed by atoms with van der Waals surface area (Å²) in [6, 6.07) is 14.8. The van der Waals surface area contributed by atoms with E-state index in [9.17, 15) is 4.79 Å². The number of aromatic nitrogens is 2. The van der Waals surface area contributed by atoms with Gasteiger partial charge in [0.2, 0.25) is 0 Å². The topological polar surface area (TPSA) is 70.1 Å². The molecule has 0 fully saturated rings. The summed E-state index contributed by atoms with van der Waals surface area (Å²) < 4.78 is 6.80. The van der Waals surface area contributed by atoms with Gasteiger partial charge in [-0.25, -0.2) is 4.98 Å². The van der Waals surface area contributed by atoms with Crippen molar-refractivity contribution in [2.75, 3.05) is 7.11 Å². The second-order valence-electron chi connectivity index (χ2n) is 5.08. The zero-order valence-electron chi connectivity index (χ0n) is 12.3. The molecule has 3 aromatic rings. The Hall–Kier alpha value is -2.66. The van der Waals surface area contributed by atoms with E-state index in [0.29, 0.717) is 6.54 Å². The van der Waals surface area contributed by atoms with Crippen LogP contribution in [0.15, 0.2) is 59.5 Å². The van der Waals surface area contributed by atoms with Crippen LogP contribution in [-0.2, 0) is 6.54 Å². The Balaban J connectivity index is 1.95. The summed E-state index contributed by atoms with van der Waals surface area (Å²) in [6.45, 7) is 0.397. The second kappa shape index (κ2) is 5.99. The van der Waals surface area contributed by atoms with Gasteiger partial charge in [-0.05, 0) is 29.8 Å². The molecule has 5 nitrogen and oxygen atoms in total. The zero-order chi connectivity index (χ0) is 15.5. The SMILES string of the molecule is COc1ccc(C(N)Cn2c(=O)cnc3ccccc32)cc1. The van der Waals surface area contributed by atoms with Crippen LogP contribution in [0.1, 0.15) is 11.6 Å². The number of nitrogens with two attached hydrogens (primary N) is 1. The van der Waals surface area contributed by atoms with E-state index in [-0.39, 0.29) is 11.6 Å². The number of nitrogens with zero attached hydrogens (tertiary/aromatic N) is 2. The highest BCUT2D eigenvalue weighted by Gasteiger charge is 2.11. The molecular formula is C17H17N3O2. The molecule has 0 saturated carbocycles. The minimum absolute atomic E-state index is 0.150. The molecule has 1 unspecified atom stereocenters. The number of benzene rings is 2. The molecule has 112 valence electrons. The molecule has 3 rings (SSSR count). The summed E-state index contributed by atoms with van der Waals surface area (Å²) in [5.41, 5.74) is 8.63. The van der Waals surface area contributed by atoms with Crippen LogP contribution in [0.2, 0.25) is 0 Å². The van der Waals surface area contributed by atoms with E-state index in [4.69, 9.17) is 10.5 Å². The molecule has 1 heterocycles. The van der Waals surface area contributed by atoms with Gasteiger partial charge in [-0.1, -0.05) is 24.3 Å². The first-order valence-electron chi connectivity index (χ1n) is 7.03. The number of hydrogen-bond acceptors (Lipinski definition) is 4. The average molecular weight is 295 g/mol. The average Bonchev–Trinajstić information content (AvgIpc) is 2.57. The second-order valence-corrected chi connectivity index (χ2v) is 5.08. The summed E-state index contributed by atoms with van der Waals surface area (Å²) in [5, 5.41) is 0. The molecule has 0 aliphatic carbocycles. The number of methoxy groups -OCH3 is 1. The number of para-hydroxylation sites is 2. The molecular weight excluding hydrogens is 278 g/mol. The predicted octanol–water partition coefficient (Wildman–Crippen LogP) is 2.11. The minimum Gasteiger partial charge on any atom is -0.497 e. The van der Waals surface area contributed by atoms with Crippen LogP contribution in [-0.4, -0.2) is 16.7 Å². The van der Waals surface area contributed by atoms with E-state index >= 15 is 0 Å². The van der Waals surface area contributed by atoms with Crippen LogP contribution in [0.4, 0.5) is 0 Å². The Morgan fingerprint density at radius 1 is 1.18 bits per heavy atom. The molecule has 0 radical (unpaired) electrons. The Morgan fingerprint density at radius 3 is 2.64 bits per heavy atom. The maximum atomic E-state index is 12.1. The Bertz CT molecular complexity index is 840. The smallest absolute Gasteiger partial charge is 0.269 e. The number of ether oxygens (including phenoxy) is 1.